The smallest absolute Gasteiger partial charge is 0.321 e. The summed E-state index contributed by atoms with van der Waals surface area (Å²) in [6.45, 7) is 0. The van der Waals surface area contributed by atoms with Gasteiger partial charge in [0.25, 0.3) is 0 Å². The Bertz CT molecular complexity index is 412. The third-order valence-corrected chi connectivity index (χ3v) is 2.60. The van der Waals surface area contributed by atoms with Gasteiger partial charge in [-0.25, -0.2) is 0 Å². The quantitative estimate of drug-likeness (QED) is 0.513. The molecule has 5 heteroatoms. The Labute approximate surface area is 100 Å². The highest BCUT2D eigenvalue weighted by Crippen LogP contribution is 2.09. The summed E-state index contributed by atoms with van der Waals surface area (Å²) in [4.78, 5) is 12.7. The highest BCUT2D eigenvalue weighted by molar-refractivity contribution is 5.94. The minimum absolute atomic E-state index is 0.0129. The average Bonchev–Trinajstić information content (AvgIpc) is 2.25. The number of benzene rings is 1. The normalized spacial score (nSPS) is 12.4. The van der Waals surface area contributed by atoms with Crippen molar-refractivity contribution in [2.45, 2.75) is 12.5 Å². The number of amidine groups is 1. The molecule has 5 nitrogen and oxygen atoms in total. The third kappa shape index (κ3) is 3.57. The number of carboxylic acid groups (broad SMARTS) is 1. The predicted molar refractivity (Wildman–Crippen MR) is 66.3 cm³/mol. The van der Waals surface area contributed by atoms with Gasteiger partial charge in [0.05, 0.1) is 0 Å². The number of carbonyl (C=O) groups is 1. The van der Waals surface area contributed by atoms with Crippen LogP contribution in [0.3, 0.4) is 0 Å². The second-order valence-electron chi connectivity index (χ2n) is 4.13. The number of nitrogens with two attached hydrogens (primary N) is 1. The fraction of sp³-hybridized carbons (Fsp3) is 0.333. The number of nitrogens with zero attached hydrogens (tertiary/aromatic N) is 1. The number of aliphatic carboxylic acids is 1. The molecule has 0 unspecified atom stereocenters. The Morgan fingerprint density at radius 1 is 1.41 bits per heavy atom. The number of nitrogens with one attached hydrogen (secondary N) is 1. The van der Waals surface area contributed by atoms with Crippen molar-refractivity contribution in [2.75, 3.05) is 14.1 Å². The maximum atomic E-state index is 11.0. The molecule has 1 atom stereocenters. The second-order valence-corrected chi connectivity index (χ2v) is 4.13. The molecule has 0 saturated carbocycles. The van der Waals surface area contributed by atoms with Crippen LogP contribution in [0, 0.1) is 5.41 Å². The highest BCUT2D eigenvalue weighted by Gasteiger charge is 2.19. The molecule has 1 aromatic carbocycles. The van der Waals surface area contributed by atoms with Gasteiger partial charge in [-0.15, -0.1) is 0 Å². The monoisotopic (exact) mass is 235 g/mol. The van der Waals surface area contributed by atoms with E-state index in [1.807, 2.05) is 0 Å². The molecule has 0 bridgehead atoms. The first-order chi connectivity index (χ1) is 7.91. The summed E-state index contributed by atoms with van der Waals surface area (Å²) in [7, 11) is 3.48. The van der Waals surface area contributed by atoms with Gasteiger partial charge in [-0.3, -0.25) is 15.1 Å². The fourth-order valence-electron chi connectivity index (χ4n) is 1.53. The van der Waals surface area contributed by atoms with Crippen molar-refractivity contribution in [1.82, 2.24) is 4.90 Å². The summed E-state index contributed by atoms with van der Waals surface area (Å²) in [6, 6.07) is 6.52. The van der Waals surface area contributed by atoms with Crippen molar-refractivity contribution in [3.63, 3.8) is 0 Å². The molecule has 1 aromatic rings. The molecule has 0 amide bonds. The van der Waals surface area contributed by atoms with E-state index in [0.29, 0.717) is 12.0 Å². The van der Waals surface area contributed by atoms with E-state index >= 15 is 0 Å². The van der Waals surface area contributed by atoms with E-state index in [4.69, 9.17) is 16.2 Å². The predicted octanol–water partition coefficient (Wildman–Crippen LogP) is 0.528. The summed E-state index contributed by atoms with van der Waals surface area (Å²) in [5.74, 6) is -0.829. The topological polar surface area (TPSA) is 90.4 Å². The molecular formula is C12H17N3O2. The molecule has 0 aliphatic carbocycles. The first-order valence-corrected chi connectivity index (χ1v) is 5.24. The van der Waals surface area contributed by atoms with Crippen LogP contribution in [0.4, 0.5) is 0 Å². The van der Waals surface area contributed by atoms with Crippen LogP contribution in [0.15, 0.2) is 24.3 Å². The van der Waals surface area contributed by atoms with Crippen LogP contribution < -0.4 is 5.73 Å². The Morgan fingerprint density at radius 2 is 1.94 bits per heavy atom. The SMILES string of the molecule is CN(C)[C@@H](Cc1ccc(C(=N)N)cc1)C(=O)O. The third-order valence-electron chi connectivity index (χ3n) is 2.60. The zero-order valence-corrected chi connectivity index (χ0v) is 9.97. The lowest BCUT2D eigenvalue weighted by molar-refractivity contribution is -0.142. The minimum Gasteiger partial charge on any atom is -0.480 e. The van der Waals surface area contributed by atoms with Crippen molar-refractivity contribution in [2.24, 2.45) is 5.73 Å². The Kier molecular flexibility index (Phi) is 4.23. The van der Waals surface area contributed by atoms with Crippen LogP contribution >= 0.6 is 0 Å². The van der Waals surface area contributed by atoms with Crippen molar-refractivity contribution in [1.29, 1.82) is 5.41 Å². The van der Waals surface area contributed by atoms with Gasteiger partial charge in [0, 0.05) is 5.56 Å². The molecule has 92 valence electrons. The van der Waals surface area contributed by atoms with Crippen molar-refractivity contribution in [3.05, 3.63) is 35.4 Å². The number of carboxylic acids is 1. The largest absolute Gasteiger partial charge is 0.480 e. The molecule has 0 radical (unpaired) electrons. The van der Waals surface area contributed by atoms with E-state index in [1.165, 1.54) is 0 Å². The molecule has 0 spiro atoms. The van der Waals surface area contributed by atoms with Crippen molar-refractivity contribution >= 4 is 11.8 Å². The summed E-state index contributed by atoms with van der Waals surface area (Å²) in [5, 5.41) is 16.3. The van der Waals surface area contributed by atoms with Gasteiger partial charge in [-0.2, -0.15) is 0 Å². The van der Waals surface area contributed by atoms with E-state index in [-0.39, 0.29) is 5.84 Å². The van der Waals surface area contributed by atoms with Crippen LogP contribution in [0.25, 0.3) is 0 Å². The first-order valence-electron chi connectivity index (χ1n) is 5.24. The van der Waals surface area contributed by atoms with Crippen molar-refractivity contribution < 1.29 is 9.90 Å². The van der Waals surface area contributed by atoms with Crippen LogP contribution in [0.1, 0.15) is 11.1 Å². The van der Waals surface area contributed by atoms with E-state index in [0.717, 1.165) is 5.56 Å². The van der Waals surface area contributed by atoms with E-state index in [1.54, 1.807) is 43.3 Å². The van der Waals surface area contributed by atoms with Crippen LogP contribution in [-0.4, -0.2) is 41.9 Å². The first kappa shape index (κ1) is 13.2. The lowest BCUT2D eigenvalue weighted by atomic mass is 10.0. The number of hydrogen-bond donors (Lipinski definition) is 3. The average molecular weight is 235 g/mol. The summed E-state index contributed by atoms with van der Waals surface area (Å²) >= 11 is 0. The Balaban J connectivity index is 2.80. The highest BCUT2D eigenvalue weighted by atomic mass is 16.4. The van der Waals surface area contributed by atoms with Crippen LogP contribution in [0.5, 0.6) is 0 Å². The zero-order chi connectivity index (χ0) is 13.0. The molecule has 0 aliphatic heterocycles. The molecule has 0 saturated heterocycles. The van der Waals surface area contributed by atoms with Crippen molar-refractivity contribution in [3.8, 4) is 0 Å². The standard InChI is InChI=1S/C12H17N3O2/c1-15(2)10(12(16)17)7-8-3-5-9(6-4-8)11(13)14/h3-6,10H,7H2,1-2H3,(H3,13,14)(H,16,17)/t10-/m0/s1. The minimum atomic E-state index is -0.842. The lowest BCUT2D eigenvalue weighted by Gasteiger charge is -2.19. The number of rotatable bonds is 5. The number of likely N-dealkylation sites (N-methyl/N-ethyl adjacent to an activating group) is 1. The summed E-state index contributed by atoms with van der Waals surface area (Å²) in [6.07, 6.45) is 0.431. The molecule has 0 heterocycles. The van der Waals surface area contributed by atoms with Gasteiger partial charge in [0.1, 0.15) is 11.9 Å². The van der Waals surface area contributed by atoms with E-state index in [9.17, 15) is 4.79 Å². The maximum absolute atomic E-state index is 11.0. The van der Waals surface area contributed by atoms with Gasteiger partial charge >= 0.3 is 5.97 Å². The molecule has 1 rings (SSSR count). The lowest BCUT2D eigenvalue weighted by Crippen LogP contribution is -2.37. The Morgan fingerprint density at radius 3 is 2.29 bits per heavy atom. The molecule has 17 heavy (non-hydrogen) atoms. The summed E-state index contributed by atoms with van der Waals surface area (Å²) in [5.41, 5.74) is 6.90. The maximum Gasteiger partial charge on any atom is 0.321 e. The number of nitrogen functional groups attached to an aromatic ring is 1. The van der Waals surface area contributed by atoms with Gasteiger partial charge in [0.15, 0.2) is 0 Å². The van der Waals surface area contributed by atoms with Gasteiger partial charge in [-0.05, 0) is 26.1 Å². The molecule has 4 N–H and O–H groups in total. The second kappa shape index (κ2) is 5.45. The molecule has 0 aliphatic rings. The molecular weight excluding hydrogens is 218 g/mol. The van der Waals surface area contributed by atoms with Crippen LogP contribution in [-0.2, 0) is 11.2 Å². The van der Waals surface area contributed by atoms with Gasteiger partial charge < -0.3 is 10.8 Å². The Hall–Kier alpha value is -1.88. The van der Waals surface area contributed by atoms with E-state index < -0.39 is 12.0 Å². The van der Waals surface area contributed by atoms with Crippen LogP contribution in [0.2, 0.25) is 0 Å². The van der Waals surface area contributed by atoms with Gasteiger partial charge in [0.2, 0.25) is 0 Å². The molecule has 0 aromatic heterocycles. The van der Waals surface area contributed by atoms with Gasteiger partial charge in [-0.1, -0.05) is 24.3 Å². The fourth-order valence-corrected chi connectivity index (χ4v) is 1.53. The number of hydrogen-bond acceptors (Lipinski definition) is 3. The molecule has 0 fully saturated rings. The zero-order valence-electron chi connectivity index (χ0n) is 9.97. The van der Waals surface area contributed by atoms with E-state index in [2.05, 4.69) is 0 Å². The summed E-state index contributed by atoms with van der Waals surface area (Å²) < 4.78 is 0.